The molecule has 1 atom stereocenters. The van der Waals surface area contributed by atoms with E-state index < -0.39 is 5.82 Å². The van der Waals surface area contributed by atoms with Crippen LogP contribution in [-0.2, 0) is 6.61 Å². The first-order valence-electron chi connectivity index (χ1n) is 6.09. The van der Waals surface area contributed by atoms with Gasteiger partial charge in [0.15, 0.2) is 0 Å². The minimum Gasteiger partial charge on any atom is -0.489 e. The summed E-state index contributed by atoms with van der Waals surface area (Å²) in [7, 11) is 0. The molecule has 0 fully saturated rings. The van der Waals surface area contributed by atoms with Gasteiger partial charge in [-0.05, 0) is 31.2 Å². The number of ether oxygens (including phenoxy) is 1. The zero-order valence-electron chi connectivity index (χ0n) is 10.9. The summed E-state index contributed by atoms with van der Waals surface area (Å²) in [4.78, 5) is 0. The van der Waals surface area contributed by atoms with Crippen LogP contribution in [0.1, 0.15) is 24.1 Å². The number of halogens is 3. The maximum Gasteiger partial charge on any atom is 0.142 e. The first kappa shape index (κ1) is 15.1. The molecule has 5 heteroatoms. The van der Waals surface area contributed by atoms with E-state index in [9.17, 15) is 4.39 Å². The van der Waals surface area contributed by atoms with E-state index in [1.54, 1.807) is 30.3 Å². The summed E-state index contributed by atoms with van der Waals surface area (Å²) in [6.45, 7) is 2.01. The number of nitrogens with two attached hydrogens (primary N) is 1. The monoisotopic (exact) mass is 313 g/mol. The Hall–Kier alpha value is -1.29. The maximum atomic E-state index is 13.3. The fraction of sp³-hybridized carbons (Fsp3) is 0.200. The summed E-state index contributed by atoms with van der Waals surface area (Å²) in [6, 6.07) is 9.62. The fourth-order valence-electron chi connectivity index (χ4n) is 1.82. The predicted molar refractivity (Wildman–Crippen MR) is 79.8 cm³/mol. The van der Waals surface area contributed by atoms with Crippen LogP contribution in [-0.4, -0.2) is 0 Å². The van der Waals surface area contributed by atoms with Gasteiger partial charge in [-0.3, -0.25) is 0 Å². The molecule has 0 unspecified atom stereocenters. The van der Waals surface area contributed by atoms with Crippen LogP contribution >= 0.6 is 23.2 Å². The van der Waals surface area contributed by atoms with Gasteiger partial charge in [-0.25, -0.2) is 4.39 Å². The van der Waals surface area contributed by atoms with Gasteiger partial charge in [-0.15, -0.1) is 0 Å². The molecular formula is C15H14Cl2FNO. The largest absolute Gasteiger partial charge is 0.489 e. The Morgan fingerprint density at radius 3 is 2.70 bits per heavy atom. The standard InChI is InChI=1S/C15H14Cl2FNO/c1-9(19)12-7-11(16)5-6-14(12)20-8-10-3-2-4-13(18)15(10)17/h2-7,9H,8,19H2,1H3/t9-/m0/s1. The highest BCUT2D eigenvalue weighted by Crippen LogP contribution is 2.29. The molecular weight excluding hydrogens is 300 g/mol. The van der Waals surface area contributed by atoms with Crippen LogP contribution in [0, 0.1) is 5.82 Å². The van der Waals surface area contributed by atoms with Gasteiger partial charge in [0, 0.05) is 22.2 Å². The molecule has 0 aliphatic heterocycles. The third kappa shape index (κ3) is 3.42. The van der Waals surface area contributed by atoms with Crippen molar-refractivity contribution in [3.05, 3.63) is 63.4 Å². The second-order valence-electron chi connectivity index (χ2n) is 4.47. The van der Waals surface area contributed by atoms with E-state index in [-0.39, 0.29) is 17.7 Å². The van der Waals surface area contributed by atoms with Gasteiger partial charge in [0.25, 0.3) is 0 Å². The van der Waals surface area contributed by atoms with Gasteiger partial charge in [-0.2, -0.15) is 0 Å². The Kier molecular flexibility index (Phi) is 4.86. The topological polar surface area (TPSA) is 35.2 Å². The van der Waals surface area contributed by atoms with Crippen LogP contribution in [0.4, 0.5) is 4.39 Å². The number of rotatable bonds is 4. The van der Waals surface area contributed by atoms with E-state index in [0.717, 1.165) is 5.56 Å². The third-order valence-electron chi connectivity index (χ3n) is 2.88. The van der Waals surface area contributed by atoms with Crippen molar-refractivity contribution in [3.8, 4) is 5.75 Å². The molecule has 0 aliphatic carbocycles. The molecule has 2 aromatic rings. The molecule has 0 heterocycles. The van der Waals surface area contributed by atoms with Crippen molar-refractivity contribution in [1.29, 1.82) is 0 Å². The smallest absolute Gasteiger partial charge is 0.142 e. The molecule has 0 aromatic heterocycles. The Morgan fingerprint density at radius 1 is 1.25 bits per heavy atom. The Labute approximate surface area is 127 Å². The molecule has 0 saturated heterocycles. The molecule has 2 N–H and O–H groups in total. The molecule has 0 amide bonds. The Bertz CT molecular complexity index is 617. The van der Waals surface area contributed by atoms with Gasteiger partial charge >= 0.3 is 0 Å². The minimum absolute atomic E-state index is 0.0730. The van der Waals surface area contributed by atoms with Gasteiger partial charge in [0.05, 0.1) is 5.02 Å². The van der Waals surface area contributed by atoms with Gasteiger partial charge in [0.2, 0.25) is 0 Å². The van der Waals surface area contributed by atoms with Crippen molar-refractivity contribution < 1.29 is 9.13 Å². The summed E-state index contributed by atoms with van der Waals surface area (Å²) in [5, 5.41) is 0.664. The van der Waals surface area contributed by atoms with E-state index in [2.05, 4.69) is 0 Å². The normalized spacial score (nSPS) is 12.2. The van der Waals surface area contributed by atoms with Crippen LogP contribution in [0.25, 0.3) is 0 Å². The highest BCUT2D eigenvalue weighted by molar-refractivity contribution is 6.31. The minimum atomic E-state index is -0.462. The average Bonchev–Trinajstić information content (AvgIpc) is 2.41. The van der Waals surface area contributed by atoms with E-state index in [1.165, 1.54) is 6.07 Å². The number of hydrogen-bond acceptors (Lipinski definition) is 2. The van der Waals surface area contributed by atoms with Crippen molar-refractivity contribution in [2.24, 2.45) is 5.73 Å². The molecule has 106 valence electrons. The highest BCUT2D eigenvalue weighted by atomic mass is 35.5. The predicted octanol–water partition coefficient (Wildman–Crippen LogP) is 4.73. The lowest BCUT2D eigenvalue weighted by Crippen LogP contribution is -2.08. The van der Waals surface area contributed by atoms with Crippen LogP contribution in [0.2, 0.25) is 10.0 Å². The lowest BCUT2D eigenvalue weighted by molar-refractivity contribution is 0.301. The first-order chi connectivity index (χ1) is 9.49. The van der Waals surface area contributed by atoms with Crippen LogP contribution in [0.3, 0.4) is 0 Å². The van der Waals surface area contributed by atoms with Gasteiger partial charge in [0.1, 0.15) is 18.2 Å². The zero-order chi connectivity index (χ0) is 14.7. The molecule has 2 rings (SSSR count). The summed E-state index contributed by atoms with van der Waals surface area (Å²) in [5.41, 5.74) is 7.26. The molecule has 0 radical (unpaired) electrons. The number of benzene rings is 2. The third-order valence-corrected chi connectivity index (χ3v) is 3.54. The first-order valence-corrected chi connectivity index (χ1v) is 6.85. The summed E-state index contributed by atoms with van der Waals surface area (Å²) in [6.07, 6.45) is 0. The molecule has 2 nitrogen and oxygen atoms in total. The lowest BCUT2D eigenvalue weighted by Gasteiger charge is -2.15. The van der Waals surface area contributed by atoms with Crippen LogP contribution in [0.15, 0.2) is 36.4 Å². The van der Waals surface area contributed by atoms with Crippen molar-refractivity contribution >= 4 is 23.2 Å². The zero-order valence-corrected chi connectivity index (χ0v) is 12.4. The van der Waals surface area contributed by atoms with Crippen molar-refractivity contribution in [3.63, 3.8) is 0 Å². The van der Waals surface area contributed by atoms with Gasteiger partial charge < -0.3 is 10.5 Å². The molecule has 0 spiro atoms. The Balaban J connectivity index is 2.21. The Morgan fingerprint density at radius 2 is 2.00 bits per heavy atom. The molecule has 20 heavy (non-hydrogen) atoms. The molecule has 0 bridgehead atoms. The molecule has 0 aliphatic rings. The van der Waals surface area contributed by atoms with E-state index >= 15 is 0 Å². The lowest BCUT2D eigenvalue weighted by atomic mass is 10.1. The van der Waals surface area contributed by atoms with Crippen LogP contribution < -0.4 is 10.5 Å². The number of hydrogen-bond donors (Lipinski definition) is 1. The second kappa shape index (κ2) is 6.44. The quantitative estimate of drug-likeness (QED) is 0.885. The van der Waals surface area contributed by atoms with E-state index in [0.29, 0.717) is 16.3 Å². The second-order valence-corrected chi connectivity index (χ2v) is 5.29. The van der Waals surface area contributed by atoms with Gasteiger partial charge in [-0.1, -0.05) is 35.3 Å². The summed E-state index contributed by atoms with van der Waals surface area (Å²) >= 11 is 11.8. The summed E-state index contributed by atoms with van der Waals surface area (Å²) in [5.74, 6) is 0.154. The van der Waals surface area contributed by atoms with Crippen molar-refractivity contribution in [2.75, 3.05) is 0 Å². The SMILES string of the molecule is C[C@H](N)c1cc(Cl)ccc1OCc1cccc(F)c1Cl. The van der Waals surface area contributed by atoms with E-state index in [4.69, 9.17) is 33.7 Å². The molecule has 2 aromatic carbocycles. The van der Waals surface area contributed by atoms with Crippen molar-refractivity contribution in [1.82, 2.24) is 0 Å². The van der Waals surface area contributed by atoms with Crippen molar-refractivity contribution in [2.45, 2.75) is 19.6 Å². The molecule has 0 saturated carbocycles. The average molecular weight is 314 g/mol. The van der Waals surface area contributed by atoms with Crippen LogP contribution in [0.5, 0.6) is 5.75 Å². The van der Waals surface area contributed by atoms with E-state index in [1.807, 2.05) is 6.92 Å². The fourth-order valence-corrected chi connectivity index (χ4v) is 2.18. The highest BCUT2D eigenvalue weighted by Gasteiger charge is 2.11. The maximum absolute atomic E-state index is 13.3. The summed E-state index contributed by atoms with van der Waals surface area (Å²) < 4.78 is 19.0.